The van der Waals surface area contributed by atoms with Crippen molar-refractivity contribution in [3.05, 3.63) is 35.8 Å². The number of hydrogen-bond donors (Lipinski definition) is 1. The predicted molar refractivity (Wildman–Crippen MR) is 87.3 cm³/mol. The van der Waals surface area contributed by atoms with E-state index in [0.717, 1.165) is 27.7 Å². The van der Waals surface area contributed by atoms with Crippen molar-refractivity contribution in [1.82, 2.24) is 5.32 Å². The summed E-state index contributed by atoms with van der Waals surface area (Å²) in [4.78, 5) is 0. The molecule has 1 aliphatic rings. The Kier molecular flexibility index (Phi) is 4.86. The molecule has 21 heavy (non-hydrogen) atoms. The van der Waals surface area contributed by atoms with Gasteiger partial charge >= 0.3 is 0 Å². The smallest absolute Gasteiger partial charge is 0.134 e. The minimum atomic E-state index is -0.215. The number of fused-ring (bicyclic) bond motifs is 1. The molecule has 0 radical (unpaired) electrons. The molecule has 1 fully saturated rings. The third-order valence-corrected chi connectivity index (χ3v) is 5.71. The lowest BCUT2D eigenvalue weighted by Crippen LogP contribution is -2.20. The maximum Gasteiger partial charge on any atom is 0.134 e. The van der Waals surface area contributed by atoms with Crippen molar-refractivity contribution in [2.45, 2.75) is 43.4 Å². The van der Waals surface area contributed by atoms with E-state index in [-0.39, 0.29) is 11.9 Å². The second kappa shape index (κ2) is 6.84. The van der Waals surface area contributed by atoms with E-state index >= 15 is 0 Å². The SMILES string of the molecule is CNC(CSC1CCCCC1)c1cc2cc(F)ccc2o1. The van der Waals surface area contributed by atoms with Crippen LogP contribution in [0.25, 0.3) is 11.0 Å². The van der Waals surface area contributed by atoms with Gasteiger partial charge in [-0.05, 0) is 44.2 Å². The largest absolute Gasteiger partial charge is 0.459 e. The summed E-state index contributed by atoms with van der Waals surface area (Å²) in [5.74, 6) is 1.69. The highest BCUT2D eigenvalue weighted by Gasteiger charge is 2.19. The molecule has 2 aromatic rings. The molecule has 1 atom stereocenters. The van der Waals surface area contributed by atoms with Gasteiger partial charge in [-0.1, -0.05) is 19.3 Å². The fraction of sp³-hybridized carbons (Fsp3) is 0.529. The first-order valence-corrected chi connectivity index (χ1v) is 8.79. The van der Waals surface area contributed by atoms with E-state index < -0.39 is 0 Å². The van der Waals surface area contributed by atoms with Crippen LogP contribution in [0.4, 0.5) is 4.39 Å². The number of hydrogen-bond acceptors (Lipinski definition) is 3. The topological polar surface area (TPSA) is 25.2 Å². The van der Waals surface area contributed by atoms with Crippen LogP contribution in [0.15, 0.2) is 28.7 Å². The Morgan fingerprint density at radius 3 is 2.86 bits per heavy atom. The molecule has 0 bridgehead atoms. The Labute approximate surface area is 129 Å². The molecule has 3 rings (SSSR count). The van der Waals surface area contributed by atoms with Crippen molar-refractivity contribution >= 4 is 22.7 Å². The van der Waals surface area contributed by atoms with Crippen LogP contribution in [0.5, 0.6) is 0 Å². The number of nitrogens with one attached hydrogen (secondary N) is 1. The third kappa shape index (κ3) is 3.61. The van der Waals surface area contributed by atoms with Gasteiger partial charge in [0.15, 0.2) is 0 Å². The average Bonchev–Trinajstić information content (AvgIpc) is 2.92. The summed E-state index contributed by atoms with van der Waals surface area (Å²) in [6.45, 7) is 0. The molecular formula is C17H22FNOS. The predicted octanol–water partition coefficient (Wildman–Crippen LogP) is 4.90. The molecule has 1 saturated carbocycles. The van der Waals surface area contributed by atoms with Crippen molar-refractivity contribution in [3.63, 3.8) is 0 Å². The summed E-state index contributed by atoms with van der Waals surface area (Å²) in [5.41, 5.74) is 0.759. The van der Waals surface area contributed by atoms with E-state index in [4.69, 9.17) is 4.42 Å². The average molecular weight is 307 g/mol. The zero-order chi connectivity index (χ0) is 14.7. The van der Waals surface area contributed by atoms with Crippen molar-refractivity contribution in [3.8, 4) is 0 Å². The van der Waals surface area contributed by atoms with E-state index in [1.54, 1.807) is 6.07 Å². The maximum absolute atomic E-state index is 13.3. The van der Waals surface area contributed by atoms with E-state index in [9.17, 15) is 4.39 Å². The minimum absolute atomic E-state index is 0.187. The first-order valence-electron chi connectivity index (χ1n) is 7.74. The van der Waals surface area contributed by atoms with E-state index in [0.29, 0.717) is 0 Å². The summed E-state index contributed by atoms with van der Waals surface area (Å²) in [6.07, 6.45) is 6.80. The van der Waals surface area contributed by atoms with Gasteiger partial charge in [0.2, 0.25) is 0 Å². The zero-order valence-corrected chi connectivity index (χ0v) is 13.2. The molecule has 4 heteroatoms. The molecule has 2 nitrogen and oxygen atoms in total. The Hall–Kier alpha value is -1.00. The molecule has 0 amide bonds. The lowest BCUT2D eigenvalue weighted by atomic mass is 10.0. The van der Waals surface area contributed by atoms with Gasteiger partial charge in [-0.15, -0.1) is 0 Å². The van der Waals surface area contributed by atoms with Crippen LogP contribution in [-0.4, -0.2) is 18.1 Å². The second-order valence-electron chi connectivity index (χ2n) is 5.77. The first-order chi connectivity index (χ1) is 10.3. The zero-order valence-electron chi connectivity index (χ0n) is 12.4. The molecule has 0 spiro atoms. The van der Waals surface area contributed by atoms with E-state index in [1.165, 1.54) is 44.2 Å². The Bertz CT molecular complexity index is 591. The monoisotopic (exact) mass is 307 g/mol. The Balaban J connectivity index is 1.68. The molecular weight excluding hydrogens is 285 g/mol. The molecule has 1 unspecified atom stereocenters. The highest BCUT2D eigenvalue weighted by Crippen LogP contribution is 2.32. The molecule has 1 aliphatic carbocycles. The molecule has 114 valence electrons. The third-order valence-electron chi connectivity index (χ3n) is 4.24. The number of rotatable bonds is 5. The summed E-state index contributed by atoms with van der Waals surface area (Å²) in [5, 5.41) is 4.95. The van der Waals surface area contributed by atoms with Gasteiger partial charge in [0.1, 0.15) is 17.2 Å². The lowest BCUT2D eigenvalue weighted by Gasteiger charge is -2.23. The van der Waals surface area contributed by atoms with Gasteiger partial charge < -0.3 is 9.73 Å². The molecule has 0 saturated heterocycles. The van der Waals surface area contributed by atoms with Crippen LogP contribution in [0, 0.1) is 5.82 Å². The van der Waals surface area contributed by atoms with Crippen LogP contribution in [0.1, 0.15) is 43.9 Å². The van der Waals surface area contributed by atoms with E-state index in [1.807, 2.05) is 24.9 Å². The fourth-order valence-electron chi connectivity index (χ4n) is 2.98. The molecule has 1 N–H and O–H groups in total. The van der Waals surface area contributed by atoms with Crippen molar-refractivity contribution < 1.29 is 8.81 Å². The van der Waals surface area contributed by atoms with Gasteiger partial charge in [-0.3, -0.25) is 0 Å². The van der Waals surface area contributed by atoms with Crippen molar-refractivity contribution in [2.75, 3.05) is 12.8 Å². The van der Waals surface area contributed by atoms with Crippen LogP contribution in [0.3, 0.4) is 0 Å². The molecule has 1 aromatic heterocycles. The van der Waals surface area contributed by atoms with Gasteiger partial charge in [0, 0.05) is 16.4 Å². The number of benzene rings is 1. The summed E-state index contributed by atoms with van der Waals surface area (Å²) in [6, 6.07) is 6.83. The van der Waals surface area contributed by atoms with Crippen LogP contribution in [0.2, 0.25) is 0 Å². The standard InChI is InChI=1S/C17H22FNOS/c1-19-15(11-21-14-5-3-2-4-6-14)17-10-12-9-13(18)7-8-16(12)20-17/h7-10,14-15,19H,2-6,11H2,1H3. The van der Waals surface area contributed by atoms with Crippen molar-refractivity contribution in [1.29, 1.82) is 0 Å². The van der Waals surface area contributed by atoms with Crippen LogP contribution < -0.4 is 5.32 Å². The van der Waals surface area contributed by atoms with Crippen molar-refractivity contribution in [2.24, 2.45) is 0 Å². The fourth-order valence-corrected chi connectivity index (χ4v) is 4.44. The number of thioether (sulfide) groups is 1. The Morgan fingerprint density at radius 1 is 1.29 bits per heavy atom. The van der Waals surface area contributed by atoms with Gasteiger partial charge in [-0.2, -0.15) is 11.8 Å². The highest BCUT2D eigenvalue weighted by atomic mass is 32.2. The molecule has 1 heterocycles. The summed E-state index contributed by atoms with van der Waals surface area (Å²) >= 11 is 2.04. The summed E-state index contributed by atoms with van der Waals surface area (Å²) < 4.78 is 19.1. The quantitative estimate of drug-likeness (QED) is 0.850. The highest BCUT2D eigenvalue weighted by molar-refractivity contribution is 7.99. The molecule has 1 aromatic carbocycles. The van der Waals surface area contributed by atoms with Gasteiger partial charge in [0.25, 0.3) is 0 Å². The first kappa shape index (κ1) is 14.9. The molecule has 0 aliphatic heterocycles. The second-order valence-corrected chi connectivity index (χ2v) is 7.10. The van der Waals surface area contributed by atoms with Crippen LogP contribution in [-0.2, 0) is 0 Å². The number of furan rings is 1. The lowest BCUT2D eigenvalue weighted by molar-refractivity contribution is 0.476. The normalized spacial score (nSPS) is 18.2. The van der Waals surface area contributed by atoms with E-state index in [2.05, 4.69) is 5.32 Å². The van der Waals surface area contributed by atoms with Crippen LogP contribution >= 0.6 is 11.8 Å². The number of halogens is 1. The van der Waals surface area contributed by atoms with Gasteiger partial charge in [0.05, 0.1) is 6.04 Å². The Morgan fingerprint density at radius 2 is 2.10 bits per heavy atom. The van der Waals surface area contributed by atoms with Gasteiger partial charge in [-0.25, -0.2) is 4.39 Å². The minimum Gasteiger partial charge on any atom is -0.459 e. The maximum atomic E-state index is 13.3. The summed E-state index contributed by atoms with van der Waals surface area (Å²) in [7, 11) is 1.96.